The van der Waals surface area contributed by atoms with E-state index in [-0.39, 0.29) is 18.6 Å². The van der Waals surface area contributed by atoms with Gasteiger partial charge in [0.15, 0.2) is 0 Å². The molecular weight excluding hydrogens is 316 g/mol. The van der Waals surface area contributed by atoms with E-state index in [1.807, 2.05) is 19.9 Å². The fourth-order valence-electron chi connectivity index (χ4n) is 2.66. The van der Waals surface area contributed by atoms with Crippen molar-refractivity contribution >= 4 is 15.9 Å². The minimum absolute atomic E-state index is 0.00357. The van der Waals surface area contributed by atoms with Crippen LogP contribution in [0, 0.1) is 13.8 Å². The van der Waals surface area contributed by atoms with Crippen LogP contribution in [-0.4, -0.2) is 51.5 Å². The van der Waals surface area contributed by atoms with Gasteiger partial charge in [0.25, 0.3) is 0 Å². The average molecular weight is 340 g/mol. The number of aryl methyl sites for hydroxylation is 2. The number of hydrogen-bond donors (Lipinski definition) is 1. The lowest BCUT2D eigenvalue weighted by atomic mass is 10.1. The van der Waals surface area contributed by atoms with Gasteiger partial charge in [-0.15, -0.1) is 0 Å². The molecule has 1 N–H and O–H groups in total. The number of nitrogens with one attached hydrogen (secondary N) is 1. The van der Waals surface area contributed by atoms with Gasteiger partial charge in [-0.05, 0) is 49.9 Å². The molecule has 0 unspecified atom stereocenters. The summed E-state index contributed by atoms with van der Waals surface area (Å²) in [5.74, 6) is -0.164. The SMILES string of the molecule is COCC(=O)NC1CCN(S(=O)(=O)c2ccc(C)c(C)c2)CC1. The lowest BCUT2D eigenvalue weighted by Gasteiger charge is -2.31. The molecule has 0 aromatic heterocycles. The zero-order chi connectivity index (χ0) is 17.0. The molecule has 6 nitrogen and oxygen atoms in total. The molecule has 1 fully saturated rings. The number of carbonyl (C=O) groups excluding carboxylic acids is 1. The van der Waals surface area contributed by atoms with Crippen molar-refractivity contribution in [2.45, 2.75) is 37.6 Å². The lowest BCUT2D eigenvalue weighted by Crippen LogP contribution is -2.47. The van der Waals surface area contributed by atoms with Crippen LogP contribution in [0.1, 0.15) is 24.0 Å². The summed E-state index contributed by atoms with van der Waals surface area (Å²) >= 11 is 0. The van der Waals surface area contributed by atoms with Crippen molar-refractivity contribution in [2.24, 2.45) is 0 Å². The third-order valence-electron chi connectivity index (χ3n) is 4.21. The number of nitrogens with zero attached hydrogens (tertiary/aromatic N) is 1. The smallest absolute Gasteiger partial charge is 0.246 e. The van der Waals surface area contributed by atoms with Crippen molar-refractivity contribution in [2.75, 3.05) is 26.8 Å². The number of benzene rings is 1. The molecule has 1 amide bonds. The maximum absolute atomic E-state index is 12.7. The van der Waals surface area contributed by atoms with E-state index in [0.29, 0.717) is 30.8 Å². The number of ether oxygens (including phenoxy) is 1. The molecule has 1 aromatic carbocycles. The molecule has 2 rings (SSSR count). The summed E-state index contributed by atoms with van der Waals surface area (Å²) in [6.45, 7) is 4.72. The molecule has 1 heterocycles. The second-order valence-electron chi connectivity index (χ2n) is 5.92. The lowest BCUT2D eigenvalue weighted by molar-refractivity contribution is -0.125. The first-order chi connectivity index (χ1) is 10.8. The van der Waals surface area contributed by atoms with E-state index in [2.05, 4.69) is 5.32 Å². The molecule has 7 heteroatoms. The molecule has 0 bridgehead atoms. The Bertz CT molecular complexity index is 665. The highest BCUT2D eigenvalue weighted by molar-refractivity contribution is 7.89. The van der Waals surface area contributed by atoms with Crippen LogP contribution in [0.4, 0.5) is 0 Å². The van der Waals surface area contributed by atoms with E-state index < -0.39 is 10.0 Å². The quantitative estimate of drug-likeness (QED) is 0.874. The summed E-state index contributed by atoms with van der Waals surface area (Å²) in [6, 6.07) is 5.21. The number of sulfonamides is 1. The van der Waals surface area contributed by atoms with Crippen molar-refractivity contribution in [3.05, 3.63) is 29.3 Å². The van der Waals surface area contributed by atoms with E-state index >= 15 is 0 Å². The second-order valence-corrected chi connectivity index (χ2v) is 7.86. The van der Waals surface area contributed by atoms with Gasteiger partial charge in [-0.1, -0.05) is 6.07 Å². The minimum Gasteiger partial charge on any atom is -0.375 e. The second kappa shape index (κ2) is 7.42. The fourth-order valence-corrected chi connectivity index (χ4v) is 4.22. The highest BCUT2D eigenvalue weighted by Gasteiger charge is 2.30. The molecule has 1 saturated heterocycles. The van der Waals surface area contributed by atoms with Crippen molar-refractivity contribution in [1.29, 1.82) is 0 Å². The zero-order valence-electron chi connectivity index (χ0n) is 13.8. The molecule has 23 heavy (non-hydrogen) atoms. The molecule has 0 atom stereocenters. The Kier molecular flexibility index (Phi) is 5.78. The van der Waals surface area contributed by atoms with Crippen LogP contribution < -0.4 is 5.32 Å². The number of rotatable bonds is 5. The summed E-state index contributed by atoms with van der Waals surface area (Å²) in [5.41, 5.74) is 2.04. The molecule has 1 aliphatic rings. The van der Waals surface area contributed by atoms with Crippen LogP contribution in [0.5, 0.6) is 0 Å². The zero-order valence-corrected chi connectivity index (χ0v) is 14.6. The Morgan fingerprint density at radius 3 is 2.48 bits per heavy atom. The van der Waals surface area contributed by atoms with Gasteiger partial charge in [0.05, 0.1) is 4.90 Å². The van der Waals surface area contributed by atoms with Gasteiger partial charge in [0.1, 0.15) is 6.61 Å². The van der Waals surface area contributed by atoms with Crippen LogP contribution in [0.25, 0.3) is 0 Å². The number of hydrogen-bond acceptors (Lipinski definition) is 4. The van der Waals surface area contributed by atoms with Crippen molar-refractivity contribution in [1.82, 2.24) is 9.62 Å². The molecule has 0 radical (unpaired) electrons. The number of amides is 1. The number of piperidine rings is 1. The maximum atomic E-state index is 12.7. The standard InChI is InChI=1S/C16H24N2O4S/c1-12-4-5-15(10-13(12)2)23(20,21)18-8-6-14(7-9-18)17-16(19)11-22-3/h4-5,10,14H,6-9,11H2,1-3H3,(H,17,19). The average Bonchev–Trinajstić information content (AvgIpc) is 2.50. The summed E-state index contributed by atoms with van der Waals surface area (Å²) in [6.07, 6.45) is 1.22. The van der Waals surface area contributed by atoms with Gasteiger partial charge in [-0.3, -0.25) is 4.79 Å². The highest BCUT2D eigenvalue weighted by Crippen LogP contribution is 2.22. The Labute approximate surface area is 137 Å². The summed E-state index contributed by atoms with van der Waals surface area (Å²) in [7, 11) is -2.00. The monoisotopic (exact) mass is 340 g/mol. The van der Waals surface area contributed by atoms with E-state index in [1.165, 1.54) is 11.4 Å². The molecule has 0 saturated carbocycles. The van der Waals surface area contributed by atoms with Crippen LogP contribution >= 0.6 is 0 Å². The summed E-state index contributed by atoms with van der Waals surface area (Å²) in [5, 5.41) is 2.86. The van der Waals surface area contributed by atoms with Gasteiger partial charge in [0.2, 0.25) is 15.9 Å². The van der Waals surface area contributed by atoms with E-state index in [9.17, 15) is 13.2 Å². The van der Waals surface area contributed by atoms with Gasteiger partial charge >= 0.3 is 0 Å². The van der Waals surface area contributed by atoms with Gasteiger partial charge in [-0.25, -0.2) is 8.42 Å². The third kappa shape index (κ3) is 4.31. The van der Waals surface area contributed by atoms with Gasteiger partial charge in [-0.2, -0.15) is 4.31 Å². The minimum atomic E-state index is -3.47. The Hall–Kier alpha value is -1.44. The molecule has 0 aliphatic carbocycles. The molecule has 0 spiro atoms. The Balaban J connectivity index is 2.01. The molecular formula is C16H24N2O4S. The van der Waals surface area contributed by atoms with Crippen LogP contribution in [0.2, 0.25) is 0 Å². The summed E-state index contributed by atoms with van der Waals surface area (Å²) < 4.78 is 31.7. The number of methoxy groups -OCH3 is 1. The summed E-state index contributed by atoms with van der Waals surface area (Å²) in [4.78, 5) is 11.8. The largest absolute Gasteiger partial charge is 0.375 e. The molecule has 1 aromatic rings. The molecule has 128 valence electrons. The van der Waals surface area contributed by atoms with E-state index in [4.69, 9.17) is 4.74 Å². The Morgan fingerprint density at radius 2 is 1.91 bits per heavy atom. The molecule has 1 aliphatic heterocycles. The normalized spacial score (nSPS) is 17.2. The van der Waals surface area contributed by atoms with Gasteiger partial charge in [0, 0.05) is 26.2 Å². The van der Waals surface area contributed by atoms with E-state index in [0.717, 1.165) is 11.1 Å². The predicted molar refractivity (Wildman–Crippen MR) is 87.7 cm³/mol. The third-order valence-corrected chi connectivity index (χ3v) is 6.11. The van der Waals surface area contributed by atoms with Crippen LogP contribution in [0.15, 0.2) is 23.1 Å². The van der Waals surface area contributed by atoms with Crippen molar-refractivity contribution in [3.8, 4) is 0 Å². The topological polar surface area (TPSA) is 75.7 Å². The highest BCUT2D eigenvalue weighted by atomic mass is 32.2. The van der Waals surface area contributed by atoms with Gasteiger partial charge < -0.3 is 10.1 Å². The van der Waals surface area contributed by atoms with Crippen LogP contribution in [-0.2, 0) is 19.6 Å². The predicted octanol–water partition coefficient (Wildman–Crippen LogP) is 1.22. The first kappa shape index (κ1) is 17.9. The maximum Gasteiger partial charge on any atom is 0.246 e. The number of carbonyl (C=O) groups is 1. The first-order valence-corrected chi connectivity index (χ1v) is 9.14. The van der Waals surface area contributed by atoms with Crippen LogP contribution in [0.3, 0.4) is 0 Å². The fraction of sp³-hybridized carbons (Fsp3) is 0.562. The first-order valence-electron chi connectivity index (χ1n) is 7.70. The van der Waals surface area contributed by atoms with E-state index in [1.54, 1.807) is 12.1 Å². The van der Waals surface area contributed by atoms with Crippen molar-refractivity contribution in [3.63, 3.8) is 0 Å². The van der Waals surface area contributed by atoms with Crippen molar-refractivity contribution < 1.29 is 17.9 Å². The Morgan fingerprint density at radius 1 is 1.26 bits per heavy atom.